The van der Waals surface area contributed by atoms with E-state index < -0.39 is 0 Å². The van der Waals surface area contributed by atoms with E-state index in [9.17, 15) is 0 Å². The lowest BCUT2D eigenvalue weighted by atomic mass is 10.0. The molecule has 0 aromatic heterocycles. The summed E-state index contributed by atoms with van der Waals surface area (Å²) in [5.74, 6) is 0.956. The lowest BCUT2D eigenvalue weighted by Crippen LogP contribution is -2.48. The summed E-state index contributed by atoms with van der Waals surface area (Å²) in [5.41, 5.74) is 1.23. The van der Waals surface area contributed by atoms with Gasteiger partial charge in [0.25, 0.3) is 0 Å². The predicted octanol–water partition coefficient (Wildman–Crippen LogP) is 2.46. The molecule has 4 nitrogen and oxygen atoms in total. The molecule has 4 heteroatoms. The number of rotatable bonds is 6. The standard InChI is InChI=1S/C17H28N2O2/c1-5-18-16(15-8-6-7-9-17(15)20-4)12-19-10-13(2)21-14(3)11-19/h6-9,13-14,16,18H,5,10-12H2,1-4H3/t13-,14+,16?. The van der Waals surface area contributed by atoms with Gasteiger partial charge in [0.1, 0.15) is 5.75 Å². The average Bonchev–Trinajstić information content (AvgIpc) is 2.45. The first-order chi connectivity index (χ1) is 10.1. The van der Waals surface area contributed by atoms with Crippen LogP contribution in [0.2, 0.25) is 0 Å². The van der Waals surface area contributed by atoms with Gasteiger partial charge in [-0.1, -0.05) is 25.1 Å². The number of methoxy groups -OCH3 is 1. The molecule has 1 aromatic rings. The van der Waals surface area contributed by atoms with Gasteiger partial charge >= 0.3 is 0 Å². The largest absolute Gasteiger partial charge is 0.496 e. The SMILES string of the molecule is CCNC(CN1C[C@@H](C)O[C@@H](C)C1)c1ccccc1OC. The molecule has 0 aliphatic carbocycles. The highest BCUT2D eigenvalue weighted by Crippen LogP contribution is 2.26. The number of hydrogen-bond acceptors (Lipinski definition) is 4. The van der Waals surface area contributed by atoms with Crippen molar-refractivity contribution in [1.82, 2.24) is 10.2 Å². The quantitative estimate of drug-likeness (QED) is 0.873. The summed E-state index contributed by atoms with van der Waals surface area (Å²) in [6.07, 6.45) is 0.599. The van der Waals surface area contributed by atoms with Gasteiger partial charge in [-0.2, -0.15) is 0 Å². The molecule has 1 saturated heterocycles. The maximum absolute atomic E-state index is 5.82. The Morgan fingerprint density at radius 1 is 1.29 bits per heavy atom. The number of para-hydroxylation sites is 1. The van der Waals surface area contributed by atoms with Crippen molar-refractivity contribution in [1.29, 1.82) is 0 Å². The minimum atomic E-state index is 0.281. The monoisotopic (exact) mass is 292 g/mol. The third kappa shape index (κ3) is 4.43. The molecule has 1 heterocycles. The number of benzene rings is 1. The first kappa shape index (κ1) is 16.3. The topological polar surface area (TPSA) is 33.7 Å². The van der Waals surface area contributed by atoms with E-state index in [1.54, 1.807) is 7.11 Å². The lowest BCUT2D eigenvalue weighted by molar-refractivity contribution is -0.0699. The first-order valence-electron chi connectivity index (χ1n) is 7.88. The van der Waals surface area contributed by atoms with Crippen LogP contribution < -0.4 is 10.1 Å². The predicted molar refractivity (Wildman–Crippen MR) is 85.9 cm³/mol. The van der Waals surface area contributed by atoms with E-state index in [0.29, 0.717) is 12.2 Å². The van der Waals surface area contributed by atoms with Gasteiger partial charge in [0.2, 0.25) is 0 Å². The van der Waals surface area contributed by atoms with Gasteiger partial charge in [0, 0.05) is 31.2 Å². The molecule has 0 amide bonds. The zero-order valence-electron chi connectivity index (χ0n) is 13.6. The Balaban J connectivity index is 2.11. The van der Waals surface area contributed by atoms with Crippen LogP contribution in [0, 0.1) is 0 Å². The molecule has 1 N–H and O–H groups in total. The Morgan fingerprint density at radius 3 is 2.57 bits per heavy atom. The van der Waals surface area contributed by atoms with E-state index >= 15 is 0 Å². The maximum atomic E-state index is 5.82. The molecule has 0 saturated carbocycles. The molecular formula is C17H28N2O2. The Kier molecular flexibility index (Phi) is 6.03. The van der Waals surface area contributed by atoms with Gasteiger partial charge in [-0.15, -0.1) is 0 Å². The van der Waals surface area contributed by atoms with Crippen LogP contribution in [-0.2, 0) is 4.74 Å². The van der Waals surface area contributed by atoms with Crippen LogP contribution in [0.3, 0.4) is 0 Å². The van der Waals surface area contributed by atoms with Crippen molar-refractivity contribution in [2.45, 2.75) is 39.0 Å². The van der Waals surface area contributed by atoms with E-state index in [0.717, 1.165) is 31.9 Å². The maximum Gasteiger partial charge on any atom is 0.123 e. The van der Waals surface area contributed by atoms with E-state index in [1.165, 1.54) is 5.56 Å². The molecule has 2 rings (SSSR count). The van der Waals surface area contributed by atoms with Gasteiger partial charge in [-0.3, -0.25) is 4.90 Å². The Bertz CT molecular complexity index is 429. The molecular weight excluding hydrogens is 264 g/mol. The molecule has 1 aromatic carbocycles. The van der Waals surface area contributed by atoms with Crippen molar-refractivity contribution in [3.63, 3.8) is 0 Å². The highest BCUT2D eigenvalue weighted by molar-refractivity contribution is 5.36. The van der Waals surface area contributed by atoms with Gasteiger partial charge in [0.05, 0.1) is 19.3 Å². The van der Waals surface area contributed by atoms with E-state index in [1.807, 2.05) is 12.1 Å². The fourth-order valence-electron chi connectivity index (χ4n) is 3.17. The van der Waals surface area contributed by atoms with E-state index in [4.69, 9.17) is 9.47 Å². The summed E-state index contributed by atoms with van der Waals surface area (Å²) in [6, 6.07) is 8.56. The van der Waals surface area contributed by atoms with Crippen molar-refractivity contribution in [2.24, 2.45) is 0 Å². The summed E-state index contributed by atoms with van der Waals surface area (Å²) in [4.78, 5) is 2.48. The molecule has 0 spiro atoms. The van der Waals surface area contributed by atoms with Crippen LogP contribution in [0.1, 0.15) is 32.4 Å². The highest BCUT2D eigenvalue weighted by atomic mass is 16.5. The number of nitrogens with zero attached hydrogens (tertiary/aromatic N) is 1. The number of nitrogens with one attached hydrogen (secondary N) is 1. The van der Waals surface area contributed by atoms with E-state index in [-0.39, 0.29) is 6.04 Å². The minimum Gasteiger partial charge on any atom is -0.496 e. The van der Waals surface area contributed by atoms with E-state index in [2.05, 4.69) is 43.1 Å². The minimum absolute atomic E-state index is 0.281. The summed E-state index contributed by atoms with van der Waals surface area (Å²) < 4.78 is 11.3. The first-order valence-corrected chi connectivity index (χ1v) is 7.88. The fourth-order valence-corrected chi connectivity index (χ4v) is 3.17. The summed E-state index contributed by atoms with van der Waals surface area (Å²) >= 11 is 0. The van der Waals surface area contributed by atoms with Crippen molar-refractivity contribution in [2.75, 3.05) is 33.3 Å². The molecule has 0 bridgehead atoms. The number of ether oxygens (including phenoxy) is 2. The van der Waals surface area contributed by atoms with Gasteiger partial charge in [-0.05, 0) is 26.5 Å². The molecule has 0 radical (unpaired) electrons. The van der Waals surface area contributed by atoms with Crippen LogP contribution in [0.25, 0.3) is 0 Å². The van der Waals surface area contributed by atoms with Gasteiger partial charge < -0.3 is 14.8 Å². The second-order valence-corrected chi connectivity index (χ2v) is 5.83. The molecule has 1 aliphatic heterocycles. The van der Waals surface area contributed by atoms with Crippen LogP contribution in [0.15, 0.2) is 24.3 Å². The van der Waals surface area contributed by atoms with Crippen LogP contribution in [0.5, 0.6) is 5.75 Å². The second-order valence-electron chi connectivity index (χ2n) is 5.83. The van der Waals surface area contributed by atoms with Gasteiger partial charge in [0.15, 0.2) is 0 Å². The van der Waals surface area contributed by atoms with Crippen molar-refractivity contribution < 1.29 is 9.47 Å². The van der Waals surface area contributed by atoms with Crippen molar-refractivity contribution in [3.05, 3.63) is 29.8 Å². The zero-order chi connectivity index (χ0) is 15.2. The Hall–Kier alpha value is -1.10. The summed E-state index contributed by atoms with van der Waals surface area (Å²) in [7, 11) is 1.74. The third-order valence-corrected chi connectivity index (χ3v) is 3.90. The number of likely N-dealkylation sites (N-methyl/N-ethyl adjacent to an activating group) is 1. The third-order valence-electron chi connectivity index (χ3n) is 3.90. The normalized spacial score (nSPS) is 24.8. The fraction of sp³-hybridized carbons (Fsp3) is 0.647. The second kappa shape index (κ2) is 7.78. The summed E-state index contributed by atoms with van der Waals surface area (Å²) in [5, 5.41) is 3.59. The molecule has 118 valence electrons. The number of hydrogen-bond donors (Lipinski definition) is 1. The van der Waals surface area contributed by atoms with Crippen molar-refractivity contribution in [3.8, 4) is 5.75 Å². The van der Waals surface area contributed by atoms with Crippen molar-refractivity contribution >= 4 is 0 Å². The molecule has 1 fully saturated rings. The summed E-state index contributed by atoms with van der Waals surface area (Å²) in [6.45, 7) is 10.3. The van der Waals surface area contributed by atoms with Gasteiger partial charge in [-0.25, -0.2) is 0 Å². The molecule has 1 aliphatic rings. The molecule has 21 heavy (non-hydrogen) atoms. The highest BCUT2D eigenvalue weighted by Gasteiger charge is 2.25. The van der Waals surface area contributed by atoms with Crippen LogP contribution >= 0.6 is 0 Å². The zero-order valence-corrected chi connectivity index (χ0v) is 13.6. The Morgan fingerprint density at radius 2 is 1.95 bits per heavy atom. The number of morpholine rings is 1. The smallest absolute Gasteiger partial charge is 0.123 e. The lowest BCUT2D eigenvalue weighted by Gasteiger charge is -2.37. The average molecular weight is 292 g/mol. The Labute approximate surface area is 128 Å². The van der Waals surface area contributed by atoms with Crippen LogP contribution in [-0.4, -0.2) is 50.4 Å². The molecule has 1 unspecified atom stereocenters. The van der Waals surface area contributed by atoms with Crippen LogP contribution in [0.4, 0.5) is 0 Å². The molecule has 3 atom stereocenters.